The lowest BCUT2D eigenvalue weighted by Gasteiger charge is -2.49. The fraction of sp³-hybridized carbons (Fsp3) is 0.533. The first-order valence-electron chi connectivity index (χ1n) is 12.6. The Hall–Kier alpha value is -2.06. The molecule has 2 heteroatoms. The second-order valence-corrected chi connectivity index (χ2v) is 10.4. The molecule has 2 aromatic rings. The van der Waals surface area contributed by atoms with E-state index < -0.39 is 0 Å². The molecule has 3 aliphatic carbocycles. The Bertz CT molecular complexity index is 976. The Balaban J connectivity index is 1.39. The summed E-state index contributed by atoms with van der Waals surface area (Å²) in [7, 11) is 1.81. The van der Waals surface area contributed by atoms with Crippen molar-refractivity contribution in [3.8, 4) is 5.75 Å². The monoisotopic (exact) mass is 430 g/mol. The van der Waals surface area contributed by atoms with E-state index in [1.54, 1.807) is 16.7 Å². The summed E-state index contributed by atoms with van der Waals surface area (Å²) >= 11 is 0. The highest BCUT2D eigenvalue weighted by Gasteiger charge is 2.52. The van der Waals surface area contributed by atoms with Gasteiger partial charge in [0, 0.05) is 7.11 Å². The van der Waals surface area contributed by atoms with Gasteiger partial charge in [-0.25, -0.2) is 0 Å². The molecule has 0 bridgehead atoms. The second kappa shape index (κ2) is 9.06. The van der Waals surface area contributed by atoms with E-state index in [0.29, 0.717) is 12.0 Å². The van der Waals surface area contributed by atoms with Crippen molar-refractivity contribution in [2.24, 2.45) is 17.3 Å². The van der Waals surface area contributed by atoms with Gasteiger partial charge in [-0.15, -0.1) is 0 Å². The first kappa shape index (κ1) is 21.8. The molecule has 0 saturated heterocycles. The SMILES string of the molecule is CCc1cc2c(cc1OCc1ccccc1)CC[C@@H]1[C@@H]2CC[C@]2(C)/C(=C/COC)CC[C@@H]12. The summed E-state index contributed by atoms with van der Waals surface area (Å²) in [6.07, 6.45) is 11.2. The molecule has 0 amide bonds. The average Bonchev–Trinajstić information content (AvgIpc) is 3.17. The summed E-state index contributed by atoms with van der Waals surface area (Å²) < 4.78 is 11.7. The molecule has 170 valence electrons. The van der Waals surface area contributed by atoms with Crippen molar-refractivity contribution in [3.05, 3.63) is 76.4 Å². The van der Waals surface area contributed by atoms with E-state index in [1.165, 1.54) is 49.7 Å². The van der Waals surface area contributed by atoms with Gasteiger partial charge in [0.25, 0.3) is 0 Å². The smallest absolute Gasteiger partial charge is 0.123 e. The number of benzene rings is 2. The number of rotatable bonds is 6. The van der Waals surface area contributed by atoms with Crippen molar-refractivity contribution in [2.75, 3.05) is 13.7 Å². The van der Waals surface area contributed by atoms with Crippen LogP contribution >= 0.6 is 0 Å². The van der Waals surface area contributed by atoms with E-state index in [2.05, 4.69) is 62.4 Å². The minimum atomic E-state index is 0.392. The number of aryl methyl sites for hydroxylation is 2. The van der Waals surface area contributed by atoms with Gasteiger partial charge in [-0.05, 0) is 96.4 Å². The van der Waals surface area contributed by atoms with Crippen LogP contribution < -0.4 is 4.74 Å². The lowest BCUT2D eigenvalue weighted by atomic mass is 9.55. The van der Waals surface area contributed by atoms with Gasteiger partial charge in [-0.1, -0.05) is 61.9 Å². The molecule has 5 rings (SSSR count). The second-order valence-electron chi connectivity index (χ2n) is 10.4. The molecular weight excluding hydrogens is 392 g/mol. The van der Waals surface area contributed by atoms with E-state index in [4.69, 9.17) is 9.47 Å². The maximum absolute atomic E-state index is 6.33. The van der Waals surface area contributed by atoms with Gasteiger partial charge < -0.3 is 9.47 Å². The van der Waals surface area contributed by atoms with E-state index in [-0.39, 0.29) is 0 Å². The minimum absolute atomic E-state index is 0.392. The number of hydrogen-bond acceptors (Lipinski definition) is 2. The topological polar surface area (TPSA) is 18.5 Å². The third kappa shape index (κ3) is 3.81. The van der Waals surface area contributed by atoms with E-state index in [1.807, 2.05) is 7.11 Å². The summed E-state index contributed by atoms with van der Waals surface area (Å²) in [5, 5.41) is 0. The predicted octanol–water partition coefficient (Wildman–Crippen LogP) is 7.26. The molecule has 0 aromatic heterocycles. The van der Waals surface area contributed by atoms with Crippen molar-refractivity contribution in [2.45, 2.75) is 71.3 Å². The van der Waals surface area contributed by atoms with Crippen molar-refractivity contribution in [3.63, 3.8) is 0 Å². The number of methoxy groups -OCH3 is 1. The van der Waals surface area contributed by atoms with E-state index in [0.717, 1.165) is 36.5 Å². The molecule has 0 spiro atoms. The third-order valence-electron chi connectivity index (χ3n) is 8.87. The maximum Gasteiger partial charge on any atom is 0.123 e. The highest BCUT2D eigenvalue weighted by molar-refractivity contribution is 5.47. The normalized spacial score (nSPS) is 30.0. The van der Waals surface area contributed by atoms with Crippen molar-refractivity contribution >= 4 is 0 Å². The Morgan fingerprint density at radius 2 is 1.91 bits per heavy atom. The van der Waals surface area contributed by atoms with Crippen LogP contribution in [0, 0.1) is 17.3 Å². The van der Waals surface area contributed by atoms with Gasteiger partial charge in [0.2, 0.25) is 0 Å². The van der Waals surface area contributed by atoms with Gasteiger partial charge in [0.05, 0.1) is 6.61 Å². The highest BCUT2D eigenvalue weighted by Crippen LogP contribution is 2.63. The molecule has 2 nitrogen and oxygen atoms in total. The quantitative estimate of drug-likeness (QED) is 0.449. The van der Waals surface area contributed by atoms with Crippen LogP contribution in [0.4, 0.5) is 0 Å². The fourth-order valence-corrected chi connectivity index (χ4v) is 7.16. The first-order valence-corrected chi connectivity index (χ1v) is 12.6. The van der Waals surface area contributed by atoms with Gasteiger partial charge in [0.1, 0.15) is 12.4 Å². The van der Waals surface area contributed by atoms with Crippen LogP contribution in [0.25, 0.3) is 0 Å². The largest absolute Gasteiger partial charge is 0.489 e. The molecule has 32 heavy (non-hydrogen) atoms. The molecular formula is C30H38O2. The lowest BCUT2D eigenvalue weighted by Crippen LogP contribution is -2.40. The van der Waals surface area contributed by atoms with Crippen LogP contribution in [0.1, 0.15) is 74.1 Å². The molecule has 2 fully saturated rings. The molecule has 2 saturated carbocycles. The van der Waals surface area contributed by atoms with Crippen LogP contribution in [-0.4, -0.2) is 13.7 Å². The Labute approximate surface area is 194 Å². The fourth-order valence-electron chi connectivity index (χ4n) is 7.16. The van der Waals surface area contributed by atoms with Crippen LogP contribution in [0.2, 0.25) is 0 Å². The van der Waals surface area contributed by atoms with Crippen LogP contribution in [0.5, 0.6) is 5.75 Å². The number of hydrogen-bond donors (Lipinski definition) is 0. The van der Waals surface area contributed by atoms with Gasteiger partial charge in [-0.3, -0.25) is 0 Å². The van der Waals surface area contributed by atoms with Gasteiger partial charge in [-0.2, -0.15) is 0 Å². The Morgan fingerprint density at radius 3 is 2.69 bits per heavy atom. The minimum Gasteiger partial charge on any atom is -0.489 e. The molecule has 0 radical (unpaired) electrons. The van der Waals surface area contributed by atoms with Crippen LogP contribution in [-0.2, 0) is 24.2 Å². The Kier molecular flexibility index (Phi) is 6.16. The van der Waals surface area contributed by atoms with Crippen molar-refractivity contribution in [1.29, 1.82) is 0 Å². The third-order valence-corrected chi connectivity index (χ3v) is 8.87. The first-order chi connectivity index (χ1) is 15.6. The summed E-state index contributed by atoms with van der Waals surface area (Å²) in [5.41, 5.74) is 7.86. The maximum atomic E-state index is 6.33. The molecule has 0 unspecified atom stereocenters. The average molecular weight is 431 g/mol. The summed E-state index contributed by atoms with van der Waals surface area (Å²) in [6.45, 7) is 6.23. The predicted molar refractivity (Wildman–Crippen MR) is 131 cm³/mol. The lowest BCUT2D eigenvalue weighted by molar-refractivity contribution is 0.0807. The zero-order valence-corrected chi connectivity index (χ0v) is 20.0. The number of ether oxygens (including phenoxy) is 2. The van der Waals surface area contributed by atoms with Crippen molar-refractivity contribution < 1.29 is 9.47 Å². The highest BCUT2D eigenvalue weighted by atomic mass is 16.5. The molecule has 0 aliphatic heterocycles. The van der Waals surface area contributed by atoms with E-state index in [9.17, 15) is 0 Å². The zero-order chi connectivity index (χ0) is 22.1. The Morgan fingerprint density at radius 1 is 1.06 bits per heavy atom. The van der Waals surface area contributed by atoms with E-state index >= 15 is 0 Å². The summed E-state index contributed by atoms with van der Waals surface area (Å²) in [5.74, 6) is 3.49. The number of allylic oxidation sites excluding steroid dienone is 1. The van der Waals surface area contributed by atoms with Crippen LogP contribution in [0.3, 0.4) is 0 Å². The summed E-state index contributed by atoms with van der Waals surface area (Å²) in [6, 6.07) is 15.4. The number of fused-ring (bicyclic) bond motifs is 5. The standard InChI is InChI=1S/C30H38O2/c1-4-22-18-27-23(19-29(22)32-20-21-8-6-5-7-9-21)10-12-26-25(27)14-16-30(2)24(15-17-31-3)11-13-28(26)30/h5-9,15,18-19,25-26,28H,4,10-14,16-17,20H2,1-3H3/b24-15+/t25-,26+,28-,30+/m0/s1. The van der Waals surface area contributed by atoms with Crippen LogP contribution in [0.15, 0.2) is 54.1 Å². The zero-order valence-electron chi connectivity index (χ0n) is 20.0. The molecule has 0 N–H and O–H groups in total. The molecule has 2 aromatic carbocycles. The molecule has 0 heterocycles. The molecule has 4 atom stereocenters. The molecule has 3 aliphatic rings. The van der Waals surface area contributed by atoms with Gasteiger partial charge in [0.15, 0.2) is 0 Å². The summed E-state index contributed by atoms with van der Waals surface area (Å²) in [4.78, 5) is 0. The van der Waals surface area contributed by atoms with Crippen molar-refractivity contribution in [1.82, 2.24) is 0 Å². The van der Waals surface area contributed by atoms with Gasteiger partial charge >= 0.3 is 0 Å².